The van der Waals surface area contributed by atoms with E-state index in [1.165, 1.54) is 0 Å². The van der Waals surface area contributed by atoms with Crippen molar-refractivity contribution in [2.75, 3.05) is 31.2 Å². The van der Waals surface area contributed by atoms with Gasteiger partial charge in [0.1, 0.15) is 5.65 Å². The fourth-order valence-electron chi connectivity index (χ4n) is 3.46. The maximum atomic E-state index is 9.25. The Morgan fingerprint density at radius 3 is 2.85 bits per heavy atom. The number of H-pyrrole nitrogens is 1. The summed E-state index contributed by atoms with van der Waals surface area (Å²) in [6.07, 6.45) is 4.01. The van der Waals surface area contributed by atoms with Gasteiger partial charge in [-0.25, -0.2) is 4.98 Å². The van der Waals surface area contributed by atoms with Crippen LogP contribution in [0.25, 0.3) is 22.2 Å². The van der Waals surface area contributed by atoms with E-state index in [1.54, 1.807) is 12.3 Å². The number of pyridine rings is 1. The summed E-state index contributed by atoms with van der Waals surface area (Å²) in [6.45, 7) is 2.89. The molecule has 128 valence electrons. The molecule has 1 aliphatic heterocycles. The molecule has 1 fully saturated rings. The molecule has 0 saturated carbocycles. The Morgan fingerprint density at radius 2 is 2.08 bits per heavy atom. The third-order valence-electron chi connectivity index (χ3n) is 4.65. The highest BCUT2D eigenvalue weighted by Gasteiger charge is 2.22. The molecule has 0 unspecified atom stereocenters. The molecule has 3 aromatic rings. The normalized spacial score (nSPS) is 14.2. The lowest BCUT2D eigenvalue weighted by Crippen LogP contribution is -2.37. The molecule has 0 atom stereocenters. The standard InChI is InChI=1S/C20H17N5O/c21-5-4-16-12-23-20-18(19(16)25-6-8-26-9-7-25)17(13-24-20)15-3-1-2-14(10-15)11-22/h1-3,10,12-13H,4,6-9H2,(H,23,24). The summed E-state index contributed by atoms with van der Waals surface area (Å²) in [4.78, 5) is 10.0. The van der Waals surface area contributed by atoms with E-state index in [2.05, 4.69) is 27.0 Å². The highest BCUT2D eigenvalue weighted by atomic mass is 16.5. The van der Waals surface area contributed by atoms with Crippen LogP contribution in [0, 0.1) is 22.7 Å². The lowest BCUT2D eigenvalue weighted by atomic mass is 10.00. The number of benzene rings is 1. The average Bonchev–Trinajstić information content (AvgIpc) is 3.13. The summed E-state index contributed by atoms with van der Waals surface area (Å²) in [7, 11) is 0. The molecule has 0 aliphatic carbocycles. The van der Waals surface area contributed by atoms with Crippen molar-refractivity contribution in [1.82, 2.24) is 9.97 Å². The van der Waals surface area contributed by atoms with Crippen molar-refractivity contribution < 1.29 is 4.74 Å². The predicted molar refractivity (Wildman–Crippen MR) is 98.6 cm³/mol. The number of morpholine rings is 1. The van der Waals surface area contributed by atoms with Gasteiger partial charge in [-0.2, -0.15) is 10.5 Å². The van der Waals surface area contributed by atoms with Crippen molar-refractivity contribution in [3.05, 3.63) is 47.8 Å². The number of aromatic amines is 1. The van der Waals surface area contributed by atoms with E-state index >= 15 is 0 Å². The van der Waals surface area contributed by atoms with Gasteiger partial charge < -0.3 is 14.6 Å². The Bertz CT molecular complexity index is 1030. The van der Waals surface area contributed by atoms with Crippen molar-refractivity contribution in [2.45, 2.75) is 6.42 Å². The van der Waals surface area contributed by atoms with Gasteiger partial charge in [-0.15, -0.1) is 0 Å². The lowest BCUT2D eigenvalue weighted by Gasteiger charge is -2.31. The molecule has 0 amide bonds. The van der Waals surface area contributed by atoms with Crippen LogP contribution in [0.4, 0.5) is 5.69 Å². The van der Waals surface area contributed by atoms with Crippen LogP contribution in [-0.2, 0) is 11.2 Å². The molecular formula is C20H17N5O. The van der Waals surface area contributed by atoms with Crippen LogP contribution in [0.15, 0.2) is 36.7 Å². The summed E-state index contributed by atoms with van der Waals surface area (Å²) < 4.78 is 5.49. The van der Waals surface area contributed by atoms with Crippen LogP contribution in [-0.4, -0.2) is 36.3 Å². The Kier molecular flexibility index (Phi) is 4.27. The molecule has 0 spiro atoms. The van der Waals surface area contributed by atoms with Crippen molar-refractivity contribution >= 4 is 16.7 Å². The molecule has 6 nitrogen and oxygen atoms in total. The summed E-state index contributed by atoms with van der Waals surface area (Å²) in [5.41, 5.74) is 5.31. The van der Waals surface area contributed by atoms with E-state index in [9.17, 15) is 10.5 Å². The second-order valence-electron chi connectivity index (χ2n) is 6.18. The molecule has 2 aromatic heterocycles. The van der Waals surface area contributed by atoms with Crippen LogP contribution in [0.5, 0.6) is 0 Å². The van der Waals surface area contributed by atoms with Gasteiger partial charge in [0.15, 0.2) is 0 Å². The van der Waals surface area contributed by atoms with Crippen LogP contribution in [0.3, 0.4) is 0 Å². The van der Waals surface area contributed by atoms with E-state index in [-0.39, 0.29) is 0 Å². The number of fused-ring (bicyclic) bond motifs is 1. The van der Waals surface area contributed by atoms with Gasteiger partial charge in [-0.3, -0.25) is 0 Å². The van der Waals surface area contributed by atoms with Gasteiger partial charge in [0.25, 0.3) is 0 Å². The number of aromatic nitrogens is 2. The molecule has 1 aromatic carbocycles. The van der Waals surface area contributed by atoms with Crippen molar-refractivity contribution in [3.63, 3.8) is 0 Å². The van der Waals surface area contributed by atoms with E-state index in [0.29, 0.717) is 25.2 Å². The SMILES string of the molecule is N#CCc1cnc2[nH]cc(-c3cccc(C#N)c3)c2c1N1CCOCC1. The van der Waals surface area contributed by atoms with Gasteiger partial charge in [-0.05, 0) is 17.7 Å². The maximum absolute atomic E-state index is 9.25. The molecule has 1 aliphatic rings. The summed E-state index contributed by atoms with van der Waals surface area (Å²) in [5.74, 6) is 0. The van der Waals surface area contributed by atoms with Crippen molar-refractivity contribution in [1.29, 1.82) is 10.5 Å². The van der Waals surface area contributed by atoms with Crippen LogP contribution in [0.2, 0.25) is 0 Å². The number of nitrogens with zero attached hydrogens (tertiary/aromatic N) is 4. The van der Waals surface area contributed by atoms with Crippen molar-refractivity contribution in [3.8, 4) is 23.3 Å². The molecular weight excluding hydrogens is 326 g/mol. The first-order valence-corrected chi connectivity index (χ1v) is 8.51. The minimum Gasteiger partial charge on any atom is -0.378 e. The third-order valence-corrected chi connectivity index (χ3v) is 4.65. The predicted octanol–water partition coefficient (Wildman–Crippen LogP) is 3.00. The number of hydrogen-bond donors (Lipinski definition) is 1. The first kappa shape index (κ1) is 16.1. The monoisotopic (exact) mass is 343 g/mol. The number of anilines is 1. The fraction of sp³-hybridized carbons (Fsp3) is 0.250. The van der Waals surface area contributed by atoms with Crippen LogP contribution < -0.4 is 4.90 Å². The van der Waals surface area contributed by atoms with Gasteiger partial charge in [-0.1, -0.05) is 12.1 Å². The Balaban J connectivity index is 1.96. The Morgan fingerprint density at radius 1 is 1.23 bits per heavy atom. The average molecular weight is 343 g/mol. The van der Waals surface area contributed by atoms with Crippen LogP contribution >= 0.6 is 0 Å². The summed E-state index contributed by atoms with van der Waals surface area (Å²) in [6, 6.07) is 12.0. The molecule has 0 radical (unpaired) electrons. The number of hydrogen-bond acceptors (Lipinski definition) is 5. The van der Waals surface area contributed by atoms with Gasteiger partial charge in [0.05, 0.1) is 48.4 Å². The van der Waals surface area contributed by atoms with Gasteiger partial charge in [0.2, 0.25) is 0 Å². The molecule has 1 N–H and O–H groups in total. The summed E-state index contributed by atoms with van der Waals surface area (Å²) in [5, 5.41) is 19.5. The minimum atomic E-state index is 0.304. The lowest BCUT2D eigenvalue weighted by molar-refractivity contribution is 0.123. The topological polar surface area (TPSA) is 88.7 Å². The Labute approximate surface area is 151 Å². The minimum absolute atomic E-state index is 0.304. The highest BCUT2D eigenvalue weighted by molar-refractivity contribution is 6.04. The second-order valence-corrected chi connectivity index (χ2v) is 6.18. The first-order chi connectivity index (χ1) is 12.8. The maximum Gasteiger partial charge on any atom is 0.139 e. The number of rotatable bonds is 3. The quantitative estimate of drug-likeness (QED) is 0.790. The van der Waals surface area contributed by atoms with Gasteiger partial charge in [0, 0.05) is 36.6 Å². The molecule has 3 heterocycles. The molecule has 0 bridgehead atoms. The molecule has 6 heteroatoms. The number of ether oxygens (including phenoxy) is 1. The summed E-state index contributed by atoms with van der Waals surface area (Å²) >= 11 is 0. The van der Waals surface area contributed by atoms with Crippen molar-refractivity contribution in [2.24, 2.45) is 0 Å². The largest absolute Gasteiger partial charge is 0.378 e. The zero-order valence-corrected chi connectivity index (χ0v) is 14.2. The van der Waals surface area contributed by atoms with E-state index in [1.807, 2.05) is 24.4 Å². The molecule has 1 saturated heterocycles. The highest BCUT2D eigenvalue weighted by Crippen LogP contribution is 2.38. The van der Waals surface area contributed by atoms with E-state index in [4.69, 9.17) is 4.74 Å². The smallest absolute Gasteiger partial charge is 0.139 e. The first-order valence-electron chi connectivity index (χ1n) is 8.51. The molecule has 26 heavy (non-hydrogen) atoms. The van der Waals surface area contributed by atoms with Crippen LogP contribution in [0.1, 0.15) is 11.1 Å². The zero-order valence-electron chi connectivity index (χ0n) is 14.2. The molecule has 4 rings (SSSR count). The second kappa shape index (κ2) is 6.87. The fourth-order valence-corrected chi connectivity index (χ4v) is 3.46. The number of nitrogens with one attached hydrogen (secondary N) is 1. The van der Waals surface area contributed by atoms with E-state index < -0.39 is 0 Å². The van der Waals surface area contributed by atoms with Gasteiger partial charge >= 0.3 is 0 Å². The third kappa shape index (κ3) is 2.77. The van der Waals surface area contributed by atoms with E-state index in [0.717, 1.165) is 46.5 Å². The number of nitriles is 2. The zero-order chi connectivity index (χ0) is 17.9. The Hall–Kier alpha value is -3.35.